The summed E-state index contributed by atoms with van der Waals surface area (Å²) in [5.74, 6) is -1.83. The molecule has 2 aromatic carbocycles. The van der Waals surface area contributed by atoms with E-state index in [-0.39, 0.29) is 72.1 Å². The highest BCUT2D eigenvalue weighted by Crippen LogP contribution is 2.33. The van der Waals surface area contributed by atoms with Crippen LogP contribution in [-0.4, -0.2) is 58.4 Å². The van der Waals surface area contributed by atoms with Gasteiger partial charge in [-0.25, -0.2) is 17.2 Å². The average molecular weight is 585 g/mol. The highest BCUT2D eigenvalue weighted by Gasteiger charge is 2.36. The van der Waals surface area contributed by atoms with Gasteiger partial charge < -0.3 is 4.90 Å². The summed E-state index contributed by atoms with van der Waals surface area (Å²) in [4.78, 5) is 29.3. The molecule has 37 heavy (non-hydrogen) atoms. The second kappa shape index (κ2) is 11.6. The lowest BCUT2D eigenvalue weighted by molar-refractivity contribution is -0.134. The number of hydrogen-bond acceptors (Lipinski definition) is 6. The molecule has 12 heteroatoms. The molecule has 1 unspecified atom stereocenters. The maximum absolute atomic E-state index is 14.4. The van der Waals surface area contributed by atoms with Crippen molar-refractivity contribution >= 4 is 67.6 Å². The molecule has 4 rings (SSSR count). The zero-order valence-electron chi connectivity index (χ0n) is 19.5. The molecule has 1 atom stereocenters. The maximum Gasteiger partial charge on any atom is 0.266 e. The molecule has 2 aliphatic rings. The number of carbonyl (C=O) groups is 2. The van der Waals surface area contributed by atoms with Gasteiger partial charge in [-0.2, -0.15) is 0 Å². The lowest BCUT2D eigenvalue weighted by Gasteiger charge is -2.29. The minimum absolute atomic E-state index is 0.0106. The van der Waals surface area contributed by atoms with Gasteiger partial charge >= 0.3 is 0 Å². The van der Waals surface area contributed by atoms with Gasteiger partial charge in [-0.3, -0.25) is 14.5 Å². The van der Waals surface area contributed by atoms with E-state index in [1.54, 1.807) is 18.2 Å². The second-order valence-electron chi connectivity index (χ2n) is 8.77. The maximum atomic E-state index is 14.4. The molecule has 0 saturated carbocycles. The number of nitrogens with zero attached hydrogens (tertiary/aromatic N) is 2. The Morgan fingerprint density at radius 3 is 2.59 bits per heavy atom. The number of carbonyl (C=O) groups excluding carboxylic acids is 2. The summed E-state index contributed by atoms with van der Waals surface area (Å²) >= 11 is 12.6. The highest BCUT2D eigenvalue weighted by molar-refractivity contribution is 8.26. The van der Waals surface area contributed by atoms with Crippen molar-refractivity contribution in [3.63, 3.8) is 0 Å². The van der Waals surface area contributed by atoms with Gasteiger partial charge in [0.2, 0.25) is 5.91 Å². The molecule has 2 heterocycles. The summed E-state index contributed by atoms with van der Waals surface area (Å²) in [5, 5.41) is 0.157. The van der Waals surface area contributed by atoms with Crippen LogP contribution in [0.4, 0.5) is 8.78 Å². The third-order valence-corrected chi connectivity index (χ3v) is 9.66. The van der Waals surface area contributed by atoms with Crippen molar-refractivity contribution in [3.05, 3.63) is 75.2 Å². The molecule has 2 aliphatic heterocycles. The summed E-state index contributed by atoms with van der Waals surface area (Å²) in [7, 11) is -3.29. The molecule has 0 aliphatic carbocycles. The number of sulfone groups is 1. The first-order valence-electron chi connectivity index (χ1n) is 11.5. The first-order valence-corrected chi connectivity index (χ1v) is 14.9. The number of halogens is 3. The second-order valence-corrected chi connectivity index (χ2v) is 13.1. The Morgan fingerprint density at radius 2 is 1.95 bits per heavy atom. The zero-order valence-corrected chi connectivity index (χ0v) is 22.7. The Labute approximate surface area is 228 Å². The van der Waals surface area contributed by atoms with E-state index in [0.717, 1.165) is 11.8 Å². The summed E-state index contributed by atoms with van der Waals surface area (Å²) in [6.07, 6.45) is 2.18. The van der Waals surface area contributed by atoms with E-state index in [4.69, 9.17) is 23.8 Å². The Hall–Kier alpha value is -2.34. The molecular weight excluding hydrogens is 562 g/mol. The van der Waals surface area contributed by atoms with Gasteiger partial charge in [0.1, 0.15) is 16.0 Å². The summed E-state index contributed by atoms with van der Waals surface area (Å²) in [6, 6.07) is 9.35. The first kappa shape index (κ1) is 27.7. The van der Waals surface area contributed by atoms with Crippen molar-refractivity contribution in [2.45, 2.75) is 31.8 Å². The van der Waals surface area contributed by atoms with Crippen molar-refractivity contribution in [2.24, 2.45) is 0 Å². The summed E-state index contributed by atoms with van der Waals surface area (Å²) in [5.41, 5.74) is 0.788. The molecule has 2 fully saturated rings. The van der Waals surface area contributed by atoms with Crippen molar-refractivity contribution in [1.82, 2.24) is 9.80 Å². The van der Waals surface area contributed by atoms with E-state index in [0.29, 0.717) is 14.8 Å². The van der Waals surface area contributed by atoms with Crippen LogP contribution in [0.5, 0.6) is 0 Å². The van der Waals surface area contributed by atoms with Crippen LogP contribution in [-0.2, 0) is 26.0 Å². The average Bonchev–Trinajstić information content (AvgIpc) is 3.33. The molecule has 0 aromatic heterocycles. The molecule has 0 N–H and O–H groups in total. The predicted octanol–water partition coefficient (Wildman–Crippen LogP) is 4.82. The van der Waals surface area contributed by atoms with Crippen LogP contribution in [0.15, 0.2) is 47.4 Å². The first-order chi connectivity index (χ1) is 17.5. The number of benzene rings is 2. The molecule has 2 amide bonds. The fourth-order valence-electron chi connectivity index (χ4n) is 4.23. The summed E-state index contributed by atoms with van der Waals surface area (Å²) < 4.78 is 52.1. The van der Waals surface area contributed by atoms with E-state index in [9.17, 15) is 26.8 Å². The number of hydrogen-bond donors (Lipinski definition) is 0. The van der Waals surface area contributed by atoms with Gasteiger partial charge in [-0.1, -0.05) is 53.8 Å². The molecule has 6 nitrogen and oxygen atoms in total. The standard InChI is InChI=1S/C25H23ClF2N2O4S3/c26-20-3-1-4-21(28)19(20)14-30(18-10-12-37(33,34)15-18)23(31)5-2-11-29-24(32)22(36-25(29)35)13-16-6-8-17(27)9-7-16/h1,3-4,6-9,13,18H,2,5,10-12,14-15H2/b22-13-. The third kappa shape index (κ3) is 6.76. The molecule has 2 saturated heterocycles. The summed E-state index contributed by atoms with van der Waals surface area (Å²) in [6.45, 7) is 0.0421. The van der Waals surface area contributed by atoms with Crippen LogP contribution in [0.2, 0.25) is 5.02 Å². The topological polar surface area (TPSA) is 74.8 Å². The molecule has 196 valence electrons. The van der Waals surface area contributed by atoms with Crippen molar-refractivity contribution < 1.29 is 26.8 Å². The minimum atomic E-state index is -3.29. The van der Waals surface area contributed by atoms with Crippen molar-refractivity contribution in [3.8, 4) is 0 Å². The molecular formula is C25H23ClF2N2O4S3. The SMILES string of the molecule is O=C1/C(=C/c2ccc(F)cc2)SC(=S)N1CCCC(=O)N(Cc1c(F)cccc1Cl)C1CCS(=O)(=O)C1. The third-order valence-electron chi connectivity index (χ3n) is 6.17. The minimum Gasteiger partial charge on any atom is -0.334 e. The van der Waals surface area contributed by atoms with Crippen LogP contribution in [0.1, 0.15) is 30.4 Å². The van der Waals surface area contributed by atoms with Crippen molar-refractivity contribution in [1.29, 1.82) is 0 Å². The molecule has 2 aromatic rings. The molecule has 0 spiro atoms. The normalized spacial score (nSPS) is 20.1. The molecule has 0 bridgehead atoms. The molecule has 0 radical (unpaired) electrons. The van der Waals surface area contributed by atoms with E-state index in [2.05, 4.69) is 0 Å². The monoisotopic (exact) mass is 584 g/mol. The van der Waals surface area contributed by atoms with Crippen LogP contribution in [0.25, 0.3) is 6.08 Å². The quantitative estimate of drug-likeness (QED) is 0.327. The van der Waals surface area contributed by atoms with Gasteiger partial charge in [-0.15, -0.1) is 0 Å². The van der Waals surface area contributed by atoms with E-state index in [1.165, 1.54) is 40.1 Å². The lowest BCUT2D eigenvalue weighted by Crippen LogP contribution is -2.41. The number of thioether (sulfide) groups is 1. The van der Waals surface area contributed by atoms with Gasteiger partial charge in [0.15, 0.2) is 9.84 Å². The van der Waals surface area contributed by atoms with Crippen LogP contribution in [0.3, 0.4) is 0 Å². The van der Waals surface area contributed by atoms with E-state index < -0.39 is 21.7 Å². The smallest absolute Gasteiger partial charge is 0.266 e. The lowest BCUT2D eigenvalue weighted by atomic mass is 10.1. The van der Waals surface area contributed by atoms with Crippen LogP contribution >= 0.6 is 35.6 Å². The van der Waals surface area contributed by atoms with Crippen LogP contribution < -0.4 is 0 Å². The number of thiocarbonyl (C=S) groups is 1. The number of amides is 2. The van der Waals surface area contributed by atoms with E-state index in [1.807, 2.05) is 0 Å². The predicted molar refractivity (Wildman–Crippen MR) is 145 cm³/mol. The largest absolute Gasteiger partial charge is 0.334 e. The Balaban J connectivity index is 1.42. The van der Waals surface area contributed by atoms with Gasteiger partial charge in [-0.05, 0) is 48.7 Å². The Kier molecular flexibility index (Phi) is 8.67. The van der Waals surface area contributed by atoms with Gasteiger partial charge in [0.25, 0.3) is 5.91 Å². The Morgan fingerprint density at radius 1 is 1.22 bits per heavy atom. The van der Waals surface area contributed by atoms with Crippen LogP contribution in [0, 0.1) is 11.6 Å². The van der Waals surface area contributed by atoms with Crippen molar-refractivity contribution in [2.75, 3.05) is 18.1 Å². The number of rotatable bonds is 8. The zero-order chi connectivity index (χ0) is 26.7. The fourth-order valence-corrected chi connectivity index (χ4v) is 7.49. The fraction of sp³-hybridized carbons (Fsp3) is 0.320. The Bertz CT molecular complexity index is 1350. The highest BCUT2D eigenvalue weighted by atomic mass is 35.5. The van der Waals surface area contributed by atoms with Gasteiger partial charge in [0, 0.05) is 29.6 Å². The van der Waals surface area contributed by atoms with Gasteiger partial charge in [0.05, 0.1) is 23.0 Å². The van der Waals surface area contributed by atoms with E-state index >= 15 is 0 Å².